The topological polar surface area (TPSA) is 80.3 Å². The van der Waals surface area contributed by atoms with E-state index in [-0.39, 0.29) is 18.4 Å². The molecule has 0 spiro atoms. The zero-order valence-corrected chi connectivity index (χ0v) is 12.4. The molecule has 6 nitrogen and oxygen atoms in total. The number of amides is 2. The van der Waals surface area contributed by atoms with Gasteiger partial charge in [0.1, 0.15) is 5.75 Å². The molecule has 1 aliphatic heterocycles. The smallest absolute Gasteiger partial charge is 0.262 e. The average molecular weight is 318 g/mol. The molecule has 2 N–H and O–H groups in total. The van der Waals surface area contributed by atoms with E-state index in [2.05, 4.69) is 15.6 Å². The fraction of sp³-hybridized carbons (Fsp3) is 0.133. The van der Waals surface area contributed by atoms with Gasteiger partial charge in [-0.05, 0) is 25.1 Å². The second-order valence-electron chi connectivity index (χ2n) is 4.81. The monoisotopic (exact) mass is 317 g/mol. The molecule has 0 radical (unpaired) electrons. The fourth-order valence-corrected chi connectivity index (χ4v) is 2.20. The first kappa shape index (κ1) is 14.3. The van der Waals surface area contributed by atoms with Gasteiger partial charge in [0.15, 0.2) is 6.61 Å². The van der Waals surface area contributed by atoms with Gasteiger partial charge in [-0.25, -0.2) is 0 Å². The Bertz CT molecular complexity index is 759. The number of hydrogen-bond acceptors (Lipinski definition) is 4. The highest BCUT2D eigenvalue weighted by Gasteiger charge is 2.19. The summed E-state index contributed by atoms with van der Waals surface area (Å²) in [7, 11) is 0. The predicted molar refractivity (Wildman–Crippen MR) is 82.5 cm³/mol. The number of ether oxygens (including phenoxy) is 1. The van der Waals surface area contributed by atoms with Crippen LogP contribution in [0.4, 0.5) is 11.4 Å². The summed E-state index contributed by atoms with van der Waals surface area (Å²) in [4.78, 5) is 27.5. The molecule has 0 fully saturated rings. The molecule has 7 heteroatoms. The van der Waals surface area contributed by atoms with Gasteiger partial charge >= 0.3 is 0 Å². The second-order valence-corrected chi connectivity index (χ2v) is 5.21. The van der Waals surface area contributed by atoms with Crippen molar-refractivity contribution in [1.82, 2.24) is 4.98 Å². The number of rotatable bonds is 2. The molecule has 0 atom stereocenters. The number of nitrogens with one attached hydrogen (secondary N) is 2. The number of carbonyl (C=O) groups is 2. The van der Waals surface area contributed by atoms with Gasteiger partial charge in [-0.3, -0.25) is 14.6 Å². The predicted octanol–water partition coefficient (Wildman–Crippen LogP) is 2.63. The van der Waals surface area contributed by atoms with Crippen molar-refractivity contribution in [2.24, 2.45) is 0 Å². The van der Waals surface area contributed by atoms with Crippen molar-refractivity contribution in [3.05, 3.63) is 46.7 Å². The van der Waals surface area contributed by atoms with E-state index in [1.54, 1.807) is 18.2 Å². The first-order valence-electron chi connectivity index (χ1n) is 6.53. The Hall–Kier alpha value is -2.60. The molecule has 3 rings (SSSR count). The van der Waals surface area contributed by atoms with E-state index >= 15 is 0 Å². The van der Waals surface area contributed by atoms with Crippen LogP contribution in [0.3, 0.4) is 0 Å². The summed E-state index contributed by atoms with van der Waals surface area (Å²) in [6, 6.07) is 6.55. The Labute approximate surface area is 131 Å². The van der Waals surface area contributed by atoms with E-state index in [4.69, 9.17) is 16.3 Å². The normalized spacial score (nSPS) is 12.9. The molecule has 2 amide bonds. The zero-order chi connectivity index (χ0) is 15.7. The molecule has 22 heavy (non-hydrogen) atoms. The molecule has 0 saturated carbocycles. The van der Waals surface area contributed by atoms with E-state index in [0.29, 0.717) is 27.7 Å². The van der Waals surface area contributed by atoms with Crippen molar-refractivity contribution in [3.8, 4) is 5.75 Å². The van der Waals surface area contributed by atoms with Gasteiger partial charge in [-0.1, -0.05) is 11.6 Å². The Morgan fingerprint density at radius 2 is 2.23 bits per heavy atom. The fourth-order valence-electron chi connectivity index (χ4n) is 1.99. The third-order valence-electron chi connectivity index (χ3n) is 3.12. The standard InChI is InChI=1S/C15H12ClN3O3/c1-8-2-3-9(6-17-8)15(21)19-11-5-13-12(4-10(11)16)18-14(20)7-22-13/h2-6H,7H2,1H3,(H,18,20)(H,19,21). The lowest BCUT2D eigenvalue weighted by molar-refractivity contribution is -0.118. The summed E-state index contributed by atoms with van der Waals surface area (Å²) >= 11 is 6.13. The number of aromatic nitrogens is 1. The maximum atomic E-state index is 12.2. The molecule has 1 aromatic carbocycles. The Balaban J connectivity index is 1.85. The van der Waals surface area contributed by atoms with Gasteiger partial charge in [0.2, 0.25) is 0 Å². The number of hydrogen-bond donors (Lipinski definition) is 2. The Kier molecular flexibility index (Phi) is 3.68. The van der Waals surface area contributed by atoms with Crippen LogP contribution in [0.2, 0.25) is 5.02 Å². The quantitative estimate of drug-likeness (QED) is 0.892. The number of benzene rings is 1. The molecular formula is C15H12ClN3O3. The molecular weight excluding hydrogens is 306 g/mol. The van der Waals surface area contributed by atoms with Crippen LogP contribution in [-0.2, 0) is 4.79 Å². The van der Waals surface area contributed by atoms with Crippen molar-refractivity contribution < 1.29 is 14.3 Å². The van der Waals surface area contributed by atoms with Gasteiger partial charge < -0.3 is 15.4 Å². The SMILES string of the molecule is Cc1ccc(C(=O)Nc2cc3c(cc2Cl)NC(=O)CO3)cn1. The van der Waals surface area contributed by atoms with Crippen molar-refractivity contribution in [2.45, 2.75) is 6.92 Å². The van der Waals surface area contributed by atoms with Crippen LogP contribution in [0.25, 0.3) is 0 Å². The van der Waals surface area contributed by atoms with Crippen LogP contribution in [-0.4, -0.2) is 23.4 Å². The van der Waals surface area contributed by atoms with Crippen LogP contribution >= 0.6 is 11.6 Å². The van der Waals surface area contributed by atoms with Crippen molar-refractivity contribution in [1.29, 1.82) is 0 Å². The molecule has 1 aromatic heterocycles. The van der Waals surface area contributed by atoms with E-state index < -0.39 is 0 Å². The highest BCUT2D eigenvalue weighted by Crippen LogP contribution is 2.36. The highest BCUT2D eigenvalue weighted by atomic mass is 35.5. The highest BCUT2D eigenvalue weighted by molar-refractivity contribution is 6.34. The van der Waals surface area contributed by atoms with E-state index in [1.807, 2.05) is 6.92 Å². The first-order valence-corrected chi connectivity index (χ1v) is 6.91. The molecule has 112 valence electrons. The number of carbonyl (C=O) groups excluding carboxylic acids is 2. The van der Waals surface area contributed by atoms with Gasteiger partial charge in [0.05, 0.1) is 22.0 Å². The van der Waals surface area contributed by atoms with Crippen LogP contribution in [0, 0.1) is 6.92 Å². The minimum Gasteiger partial charge on any atom is -0.482 e. The summed E-state index contributed by atoms with van der Waals surface area (Å²) in [5, 5.41) is 5.66. The largest absolute Gasteiger partial charge is 0.482 e. The number of fused-ring (bicyclic) bond motifs is 1. The molecule has 2 heterocycles. The number of nitrogens with zero attached hydrogens (tertiary/aromatic N) is 1. The van der Waals surface area contributed by atoms with Crippen molar-refractivity contribution in [2.75, 3.05) is 17.2 Å². The molecule has 0 unspecified atom stereocenters. The van der Waals surface area contributed by atoms with E-state index in [9.17, 15) is 9.59 Å². The number of halogens is 1. The van der Waals surface area contributed by atoms with Crippen molar-refractivity contribution >= 4 is 34.8 Å². The van der Waals surface area contributed by atoms with Crippen LogP contribution < -0.4 is 15.4 Å². The van der Waals surface area contributed by atoms with Gasteiger partial charge in [0, 0.05) is 18.0 Å². The maximum absolute atomic E-state index is 12.2. The lowest BCUT2D eigenvalue weighted by Gasteiger charge is -2.19. The molecule has 0 bridgehead atoms. The molecule has 0 saturated heterocycles. The minimum absolute atomic E-state index is 0.0656. The summed E-state index contributed by atoms with van der Waals surface area (Å²) in [5.41, 5.74) is 2.14. The van der Waals surface area contributed by atoms with E-state index in [0.717, 1.165) is 5.69 Å². The Morgan fingerprint density at radius 1 is 1.41 bits per heavy atom. The number of pyridine rings is 1. The molecule has 1 aliphatic rings. The third kappa shape index (κ3) is 2.87. The van der Waals surface area contributed by atoms with Crippen molar-refractivity contribution in [3.63, 3.8) is 0 Å². The Morgan fingerprint density at radius 3 is 2.95 bits per heavy atom. The van der Waals surface area contributed by atoms with Gasteiger partial charge in [-0.15, -0.1) is 0 Å². The summed E-state index contributed by atoms with van der Waals surface area (Å²) in [6.07, 6.45) is 1.49. The summed E-state index contributed by atoms with van der Waals surface area (Å²) in [5.74, 6) is -0.110. The first-order chi connectivity index (χ1) is 10.5. The number of aryl methyl sites for hydroxylation is 1. The lowest BCUT2D eigenvalue weighted by atomic mass is 10.2. The maximum Gasteiger partial charge on any atom is 0.262 e. The molecule has 2 aromatic rings. The minimum atomic E-state index is -0.325. The van der Waals surface area contributed by atoms with Crippen LogP contribution in [0.5, 0.6) is 5.75 Å². The van der Waals surface area contributed by atoms with E-state index in [1.165, 1.54) is 12.3 Å². The molecule has 0 aliphatic carbocycles. The summed E-state index contributed by atoms with van der Waals surface area (Å²) in [6.45, 7) is 1.78. The second kappa shape index (κ2) is 5.65. The summed E-state index contributed by atoms with van der Waals surface area (Å²) < 4.78 is 5.30. The number of anilines is 2. The van der Waals surface area contributed by atoms with Crippen LogP contribution in [0.15, 0.2) is 30.5 Å². The van der Waals surface area contributed by atoms with Crippen LogP contribution in [0.1, 0.15) is 16.1 Å². The zero-order valence-electron chi connectivity index (χ0n) is 11.6. The lowest BCUT2D eigenvalue weighted by Crippen LogP contribution is -2.25. The third-order valence-corrected chi connectivity index (χ3v) is 3.44. The van der Waals surface area contributed by atoms with Gasteiger partial charge in [0.25, 0.3) is 11.8 Å². The van der Waals surface area contributed by atoms with Gasteiger partial charge in [-0.2, -0.15) is 0 Å². The average Bonchev–Trinajstić information content (AvgIpc) is 2.49.